The van der Waals surface area contributed by atoms with Crippen LogP contribution in [0.5, 0.6) is 0 Å². The zero-order chi connectivity index (χ0) is 19.3. The third-order valence-electron chi connectivity index (χ3n) is 4.35. The first-order valence-corrected chi connectivity index (χ1v) is 9.32. The molecule has 0 fully saturated rings. The molecule has 1 N–H and O–H groups in total. The van der Waals surface area contributed by atoms with Gasteiger partial charge in [0, 0.05) is 45.8 Å². The minimum Gasteiger partial charge on any atom is -0.383 e. The number of methoxy groups -OCH3 is 3. The predicted molar refractivity (Wildman–Crippen MR) is 102 cm³/mol. The molecule has 0 amide bonds. The average molecular weight is 385 g/mol. The van der Waals surface area contributed by atoms with Crippen molar-refractivity contribution in [3.05, 3.63) is 31.3 Å². The van der Waals surface area contributed by atoms with Crippen LogP contribution in [0.15, 0.2) is 9.59 Å². The molecule has 26 heavy (non-hydrogen) atoms. The van der Waals surface area contributed by atoms with Crippen molar-refractivity contribution in [2.75, 3.05) is 34.5 Å². The summed E-state index contributed by atoms with van der Waals surface area (Å²) < 4.78 is 18.4. The molecule has 0 unspecified atom stereocenters. The van der Waals surface area contributed by atoms with E-state index in [9.17, 15) is 9.59 Å². The normalized spacial score (nSPS) is 11.8. The summed E-state index contributed by atoms with van der Waals surface area (Å²) in [5, 5.41) is 3.88. The van der Waals surface area contributed by atoms with E-state index in [-0.39, 0.29) is 17.5 Å². The highest BCUT2D eigenvalue weighted by molar-refractivity contribution is 7.18. The Morgan fingerprint density at radius 3 is 2.42 bits per heavy atom. The summed E-state index contributed by atoms with van der Waals surface area (Å²) in [7, 11) is 4.76. The highest BCUT2D eigenvalue weighted by atomic mass is 32.1. The van der Waals surface area contributed by atoms with Gasteiger partial charge in [0.05, 0.1) is 18.5 Å². The molecule has 8 nitrogen and oxygen atoms in total. The van der Waals surface area contributed by atoms with E-state index in [1.165, 1.54) is 15.9 Å². The summed E-state index contributed by atoms with van der Waals surface area (Å²) >= 11 is 1.47. The van der Waals surface area contributed by atoms with Crippen molar-refractivity contribution < 1.29 is 14.2 Å². The van der Waals surface area contributed by atoms with Gasteiger partial charge in [-0.2, -0.15) is 0 Å². The highest BCUT2D eigenvalue weighted by Gasteiger charge is 2.19. The number of nitrogens with zero attached hydrogens (tertiary/aromatic N) is 2. The molecule has 0 aromatic carbocycles. The van der Waals surface area contributed by atoms with Gasteiger partial charge in [-0.1, -0.05) is 0 Å². The Morgan fingerprint density at radius 1 is 1.15 bits per heavy atom. The molecular weight excluding hydrogens is 358 g/mol. The fourth-order valence-corrected chi connectivity index (χ4v) is 4.12. The summed E-state index contributed by atoms with van der Waals surface area (Å²) in [6, 6.07) is 0. The van der Waals surface area contributed by atoms with Gasteiger partial charge in [-0.05, 0) is 19.4 Å². The molecular formula is C17H27N3O5S. The van der Waals surface area contributed by atoms with Crippen LogP contribution in [0.25, 0.3) is 10.2 Å². The maximum absolute atomic E-state index is 12.8. The van der Waals surface area contributed by atoms with Gasteiger partial charge < -0.3 is 19.5 Å². The molecule has 2 aromatic rings. The average Bonchev–Trinajstić information content (AvgIpc) is 2.96. The van der Waals surface area contributed by atoms with Gasteiger partial charge in [0.2, 0.25) is 0 Å². The standard InChI is InChI=1S/C17H27N3O5S/c1-6-19-15(21)14-11(2)12(9-18-10-13(24-4)25-5)26-16(14)20(17(19)22)7-8-23-3/h13,18H,6-10H2,1-5H3. The molecule has 2 aromatic heterocycles. The van der Waals surface area contributed by atoms with E-state index in [4.69, 9.17) is 14.2 Å². The first kappa shape index (κ1) is 20.8. The quantitative estimate of drug-likeness (QED) is 0.612. The van der Waals surface area contributed by atoms with E-state index < -0.39 is 0 Å². The van der Waals surface area contributed by atoms with Gasteiger partial charge >= 0.3 is 5.69 Å². The molecule has 0 atom stereocenters. The molecule has 146 valence electrons. The second-order valence-corrected chi connectivity index (χ2v) is 6.92. The fourth-order valence-electron chi connectivity index (χ4n) is 2.83. The number of fused-ring (bicyclic) bond motifs is 1. The second-order valence-electron chi connectivity index (χ2n) is 5.84. The number of aryl methyl sites for hydroxylation is 1. The molecule has 0 bridgehead atoms. The molecule has 0 saturated carbocycles. The van der Waals surface area contributed by atoms with Crippen molar-refractivity contribution in [1.29, 1.82) is 0 Å². The number of hydrogen-bond donors (Lipinski definition) is 1. The number of aromatic nitrogens is 2. The summed E-state index contributed by atoms with van der Waals surface area (Å²) in [5.74, 6) is 0. The maximum atomic E-state index is 12.8. The monoisotopic (exact) mass is 385 g/mol. The van der Waals surface area contributed by atoms with Crippen LogP contribution in [-0.4, -0.2) is 49.9 Å². The Labute approximate surface area is 156 Å². The molecule has 0 saturated heterocycles. The molecule has 0 radical (unpaired) electrons. The molecule has 9 heteroatoms. The SMILES string of the molecule is CCn1c(=O)c2c(C)c(CNCC(OC)OC)sc2n(CCOC)c1=O. The van der Waals surface area contributed by atoms with Crippen molar-refractivity contribution in [1.82, 2.24) is 14.5 Å². The van der Waals surface area contributed by atoms with Crippen molar-refractivity contribution in [2.24, 2.45) is 0 Å². The summed E-state index contributed by atoms with van der Waals surface area (Å²) in [6.07, 6.45) is -0.332. The van der Waals surface area contributed by atoms with Crippen LogP contribution in [0.3, 0.4) is 0 Å². The molecule has 0 aliphatic heterocycles. The maximum Gasteiger partial charge on any atom is 0.332 e. The Morgan fingerprint density at radius 2 is 1.85 bits per heavy atom. The van der Waals surface area contributed by atoms with E-state index in [0.29, 0.717) is 43.0 Å². The predicted octanol–water partition coefficient (Wildman–Crippen LogP) is 0.908. The van der Waals surface area contributed by atoms with E-state index in [0.717, 1.165) is 10.4 Å². The zero-order valence-electron chi connectivity index (χ0n) is 16.0. The number of rotatable bonds is 10. The number of ether oxygens (including phenoxy) is 3. The summed E-state index contributed by atoms with van der Waals surface area (Å²) in [4.78, 5) is 27.2. The van der Waals surface area contributed by atoms with Gasteiger partial charge in [0.25, 0.3) is 5.56 Å². The Hall–Kier alpha value is -1.52. The minimum atomic E-state index is -0.332. The summed E-state index contributed by atoms with van der Waals surface area (Å²) in [5.41, 5.74) is 0.386. The topological polar surface area (TPSA) is 83.7 Å². The summed E-state index contributed by atoms with van der Waals surface area (Å²) in [6.45, 7) is 5.97. The zero-order valence-corrected chi connectivity index (χ0v) is 16.8. The third kappa shape index (κ3) is 4.07. The van der Waals surface area contributed by atoms with Crippen LogP contribution < -0.4 is 16.6 Å². The first-order chi connectivity index (χ1) is 12.5. The van der Waals surface area contributed by atoms with Crippen molar-refractivity contribution >= 4 is 21.6 Å². The van der Waals surface area contributed by atoms with Gasteiger partial charge in [-0.25, -0.2) is 4.79 Å². The molecule has 0 spiro atoms. The van der Waals surface area contributed by atoms with E-state index in [1.54, 1.807) is 32.8 Å². The number of nitrogens with one attached hydrogen (secondary N) is 1. The highest BCUT2D eigenvalue weighted by Crippen LogP contribution is 2.27. The van der Waals surface area contributed by atoms with Gasteiger partial charge in [0.15, 0.2) is 6.29 Å². The van der Waals surface area contributed by atoms with Crippen LogP contribution in [-0.2, 0) is 33.8 Å². The second kappa shape index (κ2) is 9.43. The minimum absolute atomic E-state index is 0.229. The van der Waals surface area contributed by atoms with Gasteiger partial charge in [-0.3, -0.25) is 13.9 Å². The number of thiophene rings is 1. The van der Waals surface area contributed by atoms with Gasteiger partial charge in [0.1, 0.15) is 4.83 Å². The lowest BCUT2D eigenvalue weighted by atomic mass is 10.2. The van der Waals surface area contributed by atoms with Crippen LogP contribution in [0.1, 0.15) is 17.4 Å². The lowest BCUT2D eigenvalue weighted by Gasteiger charge is -2.13. The van der Waals surface area contributed by atoms with E-state index in [1.807, 2.05) is 6.92 Å². The molecule has 2 rings (SSSR count). The van der Waals surface area contributed by atoms with Crippen LogP contribution in [0, 0.1) is 6.92 Å². The molecule has 0 aliphatic carbocycles. The largest absolute Gasteiger partial charge is 0.383 e. The van der Waals surface area contributed by atoms with Gasteiger partial charge in [-0.15, -0.1) is 11.3 Å². The lowest BCUT2D eigenvalue weighted by Crippen LogP contribution is -2.39. The third-order valence-corrected chi connectivity index (χ3v) is 5.67. The van der Waals surface area contributed by atoms with Crippen molar-refractivity contribution in [2.45, 2.75) is 39.8 Å². The Balaban J connectivity index is 2.46. The van der Waals surface area contributed by atoms with Crippen LogP contribution in [0.2, 0.25) is 0 Å². The van der Waals surface area contributed by atoms with Crippen LogP contribution in [0.4, 0.5) is 0 Å². The lowest BCUT2D eigenvalue weighted by molar-refractivity contribution is -0.0988. The fraction of sp³-hybridized carbons (Fsp3) is 0.647. The Bertz CT molecular complexity index is 851. The smallest absolute Gasteiger partial charge is 0.332 e. The van der Waals surface area contributed by atoms with Crippen molar-refractivity contribution in [3.8, 4) is 0 Å². The Kier molecular flexibility index (Phi) is 7.54. The van der Waals surface area contributed by atoms with Crippen LogP contribution >= 0.6 is 11.3 Å². The van der Waals surface area contributed by atoms with Crippen molar-refractivity contribution in [3.63, 3.8) is 0 Å². The molecule has 2 heterocycles. The molecule has 0 aliphatic rings. The van der Waals surface area contributed by atoms with E-state index >= 15 is 0 Å². The first-order valence-electron chi connectivity index (χ1n) is 8.50. The van der Waals surface area contributed by atoms with E-state index in [2.05, 4.69) is 5.32 Å². The number of hydrogen-bond acceptors (Lipinski definition) is 7.